The molecule has 0 aromatic heterocycles. The van der Waals surface area contributed by atoms with Crippen LogP contribution in [0.4, 0.5) is 16.2 Å². The molecule has 2 aliphatic rings. The van der Waals surface area contributed by atoms with Crippen LogP contribution in [0.1, 0.15) is 30.1 Å². The number of rotatable bonds is 5. The van der Waals surface area contributed by atoms with Crippen molar-refractivity contribution in [3.63, 3.8) is 0 Å². The van der Waals surface area contributed by atoms with E-state index >= 15 is 0 Å². The third-order valence-electron chi connectivity index (χ3n) is 5.99. The van der Waals surface area contributed by atoms with Gasteiger partial charge in [-0.15, -0.1) is 11.8 Å². The average Bonchev–Trinajstić information content (AvgIpc) is 3.23. The molecule has 1 spiro atoms. The second kappa shape index (κ2) is 9.70. The Morgan fingerprint density at radius 3 is 2.64 bits per heavy atom. The molecule has 2 saturated heterocycles. The van der Waals surface area contributed by atoms with Gasteiger partial charge in [0.25, 0.3) is 11.6 Å². The number of para-hydroxylation sites is 2. The zero-order chi connectivity index (χ0) is 23.4. The summed E-state index contributed by atoms with van der Waals surface area (Å²) in [4.78, 5) is 39.9. The largest absolute Gasteiger partial charge is 0.492 e. The van der Waals surface area contributed by atoms with Gasteiger partial charge in [-0.25, -0.2) is 4.79 Å². The van der Waals surface area contributed by atoms with Gasteiger partial charge in [-0.1, -0.05) is 18.2 Å². The van der Waals surface area contributed by atoms with Crippen LogP contribution >= 0.6 is 11.8 Å². The summed E-state index contributed by atoms with van der Waals surface area (Å²) in [5.74, 6) is 1.23. The fraction of sp³-hybridized carbons (Fsp3) is 0.391. The number of likely N-dealkylation sites (tertiary alicyclic amines) is 1. The monoisotopic (exact) mass is 470 g/mol. The van der Waals surface area contributed by atoms with E-state index in [9.17, 15) is 19.7 Å². The van der Waals surface area contributed by atoms with Crippen LogP contribution in [0.3, 0.4) is 0 Å². The van der Waals surface area contributed by atoms with Crippen LogP contribution in [0, 0.1) is 10.1 Å². The van der Waals surface area contributed by atoms with Crippen molar-refractivity contribution in [3.05, 3.63) is 64.2 Å². The normalized spacial score (nSPS) is 17.1. The SMILES string of the molecule is CCOc1ccccc1NC(=O)N1CCC2(CC1)SCCN2C(=O)c1cccc([N+](=O)[O-])c1. The first-order valence-electron chi connectivity index (χ1n) is 10.9. The van der Waals surface area contributed by atoms with Crippen molar-refractivity contribution < 1.29 is 19.2 Å². The number of amides is 3. The summed E-state index contributed by atoms with van der Waals surface area (Å²) < 4.78 is 5.58. The second-order valence-corrected chi connectivity index (χ2v) is 9.36. The molecule has 9 nitrogen and oxygen atoms in total. The van der Waals surface area contributed by atoms with Gasteiger partial charge in [0.15, 0.2) is 0 Å². The summed E-state index contributed by atoms with van der Waals surface area (Å²) in [6.07, 6.45) is 1.28. The van der Waals surface area contributed by atoms with Gasteiger partial charge in [-0.3, -0.25) is 14.9 Å². The van der Waals surface area contributed by atoms with E-state index in [1.54, 1.807) is 28.8 Å². The van der Waals surface area contributed by atoms with Gasteiger partial charge < -0.3 is 19.9 Å². The fourth-order valence-electron chi connectivity index (χ4n) is 4.32. The number of piperidine rings is 1. The van der Waals surface area contributed by atoms with Crippen LogP contribution in [-0.2, 0) is 0 Å². The lowest BCUT2D eigenvalue weighted by atomic mass is 10.0. The number of anilines is 1. The molecule has 33 heavy (non-hydrogen) atoms. The van der Waals surface area contributed by atoms with E-state index < -0.39 is 9.79 Å². The molecule has 0 atom stereocenters. The van der Waals surface area contributed by atoms with Gasteiger partial charge in [0.1, 0.15) is 5.75 Å². The highest BCUT2D eigenvalue weighted by molar-refractivity contribution is 8.00. The maximum absolute atomic E-state index is 13.2. The third-order valence-corrected chi connectivity index (χ3v) is 7.54. The molecular formula is C23H26N4O5S. The van der Waals surface area contributed by atoms with Gasteiger partial charge >= 0.3 is 6.03 Å². The molecule has 0 radical (unpaired) electrons. The highest BCUT2D eigenvalue weighted by Gasteiger charge is 2.47. The van der Waals surface area contributed by atoms with E-state index in [0.717, 1.165) is 5.75 Å². The molecule has 0 bridgehead atoms. The van der Waals surface area contributed by atoms with Gasteiger partial charge in [0.2, 0.25) is 0 Å². The van der Waals surface area contributed by atoms with Crippen molar-refractivity contribution in [2.45, 2.75) is 24.6 Å². The Balaban J connectivity index is 1.42. The topological polar surface area (TPSA) is 105 Å². The summed E-state index contributed by atoms with van der Waals surface area (Å²) in [7, 11) is 0. The molecule has 4 rings (SSSR count). The lowest BCUT2D eigenvalue weighted by molar-refractivity contribution is -0.384. The first-order chi connectivity index (χ1) is 15.9. The molecule has 2 heterocycles. The number of nitrogens with one attached hydrogen (secondary N) is 1. The smallest absolute Gasteiger partial charge is 0.321 e. The van der Waals surface area contributed by atoms with Crippen LogP contribution in [0.2, 0.25) is 0 Å². The Morgan fingerprint density at radius 1 is 1.15 bits per heavy atom. The minimum Gasteiger partial charge on any atom is -0.492 e. The van der Waals surface area contributed by atoms with Crippen molar-refractivity contribution in [3.8, 4) is 5.75 Å². The average molecular weight is 471 g/mol. The molecule has 2 fully saturated rings. The molecule has 174 valence electrons. The summed E-state index contributed by atoms with van der Waals surface area (Å²) >= 11 is 1.73. The van der Waals surface area contributed by atoms with E-state index in [1.807, 2.05) is 30.0 Å². The molecule has 0 aliphatic carbocycles. The Morgan fingerprint density at radius 2 is 1.91 bits per heavy atom. The molecule has 2 aliphatic heterocycles. The van der Waals surface area contributed by atoms with E-state index in [4.69, 9.17) is 4.74 Å². The van der Waals surface area contributed by atoms with Gasteiger partial charge in [0.05, 0.1) is 22.1 Å². The van der Waals surface area contributed by atoms with Gasteiger partial charge in [0, 0.05) is 43.1 Å². The quantitative estimate of drug-likeness (QED) is 0.519. The molecule has 2 aromatic carbocycles. The number of non-ortho nitro benzene ring substituents is 1. The predicted octanol–water partition coefficient (Wildman–Crippen LogP) is 4.21. The number of nitro benzene ring substituents is 1. The number of carbonyl (C=O) groups excluding carboxylic acids is 2. The Hall–Kier alpha value is -3.27. The molecule has 3 amide bonds. The summed E-state index contributed by atoms with van der Waals surface area (Å²) in [6, 6.07) is 13.0. The number of thioether (sulfide) groups is 1. The zero-order valence-corrected chi connectivity index (χ0v) is 19.2. The Labute approximate surface area is 196 Å². The number of benzene rings is 2. The maximum atomic E-state index is 13.2. The van der Waals surface area contributed by atoms with Crippen LogP contribution in [0.5, 0.6) is 5.75 Å². The summed E-state index contributed by atoms with van der Waals surface area (Å²) in [6.45, 7) is 4.00. The first kappa shape index (κ1) is 22.9. The molecule has 0 unspecified atom stereocenters. The predicted molar refractivity (Wildman–Crippen MR) is 127 cm³/mol. The number of carbonyl (C=O) groups is 2. The lowest BCUT2D eigenvalue weighted by Gasteiger charge is -2.44. The van der Waals surface area contributed by atoms with Crippen LogP contribution in [0.15, 0.2) is 48.5 Å². The highest BCUT2D eigenvalue weighted by atomic mass is 32.2. The standard InChI is InChI=1S/C23H26N4O5S/c1-2-32-20-9-4-3-8-19(20)24-22(29)25-12-10-23(11-13-25)26(14-15-33-23)21(28)17-6-5-7-18(16-17)27(30)31/h3-9,16H,2,10-15H2,1H3,(H,24,29). The van der Waals surface area contributed by atoms with Crippen molar-refractivity contribution in [2.75, 3.05) is 37.3 Å². The number of hydrogen-bond donors (Lipinski definition) is 1. The van der Waals surface area contributed by atoms with E-state index in [0.29, 0.717) is 56.1 Å². The lowest BCUT2D eigenvalue weighted by Crippen LogP contribution is -2.54. The number of urea groups is 1. The maximum Gasteiger partial charge on any atom is 0.321 e. The second-order valence-electron chi connectivity index (χ2n) is 7.91. The number of ether oxygens (including phenoxy) is 1. The Kier molecular flexibility index (Phi) is 6.73. The van der Waals surface area contributed by atoms with Crippen molar-refractivity contribution >= 4 is 35.1 Å². The van der Waals surface area contributed by atoms with Crippen LogP contribution in [0.25, 0.3) is 0 Å². The molecule has 10 heteroatoms. The third kappa shape index (κ3) is 4.75. The minimum atomic E-state index is -0.494. The van der Waals surface area contributed by atoms with E-state index in [-0.39, 0.29) is 17.6 Å². The van der Waals surface area contributed by atoms with Crippen molar-refractivity contribution in [2.24, 2.45) is 0 Å². The van der Waals surface area contributed by atoms with Gasteiger partial charge in [-0.05, 0) is 38.0 Å². The highest BCUT2D eigenvalue weighted by Crippen LogP contribution is 2.44. The molecule has 1 N–H and O–H groups in total. The number of hydrogen-bond acceptors (Lipinski definition) is 6. The van der Waals surface area contributed by atoms with E-state index in [1.165, 1.54) is 18.2 Å². The number of nitro groups is 1. The van der Waals surface area contributed by atoms with Crippen LogP contribution < -0.4 is 10.1 Å². The molecule has 0 saturated carbocycles. The van der Waals surface area contributed by atoms with Crippen molar-refractivity contribution in [1.82, 2.24) is 9.80 Å². The van der Waals surface area contributed by atoms with Crippen molar-refractivity contribution in [1.29, 1.82) is 0 Å². The minimum absolute atomic E-state index is 0.0967. The zero-order valence-electron chi connectivity index (χ0n) is 18.4. The summed E-state index contributed by atoms with van der Waals surface area (Å²) in [5, 5.41) is 14.0. The molecular weight excluding hydrogens is 444 g/mol. The summed E-state index contributed by atoms with van der Waals surface area (Å²) in [5.41, 5.74) is 0.849. The van der Waals surface area contributed by atoms with Crippen LogP contribution in [-0.4, -0.2) is 63.5 Å². The van der Waals surface area contributed by atoms with E-state index in [2.05, 4.69) is 5.32 Å². The number of nitrogens with zero attached hydrogens (tertiary/aromatic N) is 3. The molecule has 2 aromatic rings. The first-order valence-corrected chi connectivity index (χ1v) is 11.9. The fourth-order valence-corrected chi connectivity index (χ4v) is 5.78. The Bertz CT molecular complexity index is 1050. The van der Waals surface area contributed by atoms with Gasteiger partial charge in [-0.2, -0.15) is 0 Å².